The normalized spacial score (nSPS) is 21.0. The van der Waals surface area contributed by atoms with E-state index in [1.807, 2.05) is 0 Å². The molecule has 2 aliphatic rings. The molecule has 0 radical (unpaired) electrons. The zero-order valence-electron chi connectivity index (χ0n) is 14.9. The summed E-state index contributed by atoms with van der Waals surface area (Å²) in [5.74, 6) is 0. The first-order valence-corrected chi connectivity index (χ1v) is 20.8. The zero-order valence-corrected chi connectivity index (χ0v) is 19.5. The van der Waals surface area contributed by atoms with Gasteiger partial charge in [0.15, 0.2) is 0 Å². The van der Waals surface area contributed by atoms with E-state index in [4.69, 9.17) is 0 Å². The molecule has 2 atom stereocenters. The van der Waals surface area contributed by atoms with E-state index in [1.165, 1.54) is 11.1 Å². The van der Waals surface area contributed by atoms with Gasteiger partial charge in [-0.05, 0) is 0 Å². The summed E-state index contributed by atoms with van der Waals surface area (Å²) < 4.78 is 1.57. The van der Waals surface area contributed by atoms with Crippen LogP contribution in [0.25, 0.3) is 12.2 Å². The van der Waals surface area contributed by atoms with Crippen LogP contribution in [-0.4, -0.2) is 5.49 Å². The van der Waals surface area contributed by atoms with Crippen molar-refractivity contribution in [2.45, 2.75) is 34.3 Å². The van der Waals surface area contributed by atoms with Gasteiger partial charge in [-0.25, -0.2) is 0 Å². The first-order valence-electron chi connectivity index (χ1n) is 8.79. The summed E-state index contributed by atoms with van der Waals surface area (Å²) in [6.07, 6.45) is 4.94. The second kappa shape index (κ2) is 6.38. The number of rotatable bonds is 2. The third-order valence-corrected chi connectivity index (χ3v) is 33.8. The molecular formula is C22H24HfSi. The van der Waals surface area contributed by atoms with E-state index < -0.39 is 20.1 Å². The van der Waals surface area contributed by atoms with E-state index >= 15 is 0 Å². The molecule has 0 saturated carbocycles. The number of fused-ring (bicyclic) bond motifs is 2. The summed E-state index contributed by atoms with van der Waals surface area (Å²) in [5.41, 5.74) is 9.27. The van der Waals surface area contributed by atoms with Crippen molar-refractivity contribution < 1.29 is 20.1 Å². The van der Waals surface area contributed by atoms with Crippen LogP contribution in [0.2, 0.25) is 13.1 Å². The summed E-state index contributed by atoms with van der Waals surface area (Å²) in [6, 6.07) is 18.3. The molecule has 0 amide bonds. The van der Waals surface area contributed by atoms with Gasteiger partial charge < -0.3 is 0 Å². The molecule has 2 aliphatic carbocycles. The van der Waals surface area contributed by atoms with E-state index in [-0.39, 0.29) is 5.49 Å². The van der Waals surface area contributed by atoms with Gasteiger partial charge in [-0.2, -0.15) is 0 Å². The fourth-order valence-electron chi connectivity index (χ4n) is 4.53. The van der Waals surface area contributed by atoms with Crippen LogP contribution < -0.4 is 0 Å². The van der Waals surface area contributed by atoms with Crippen LogP contribution in [0, 0.1) is 0 Å². The monoisotopic (exact) mass is 496 g/mol. The molecule has 0 bridgehead atoms. The Kier molecular flexibility index (Phi) is 4.38. The van der Waals surface area contributed by atoms with E-state index in [1.54, 1.807) is 22.3 Å². The molecule has 0 aliphatic heterocycles. The van der Waals surface area contributed by atoms with Crippen LogP contribution in [0.4, 0.5) is 0 Å². The molecule has 4 rings (SSSR count). The topological polar surface area (TPSA) is 0 Å². The van der Waals surface area contributed by atoms with Crippen molar-refractivity contribution in [1.29, 1.82) is 0 Å². The van der Waals surface area contributed by atoms with Crippen LogP contribution in [0.15, 0.2) is 59.7 Å². The minimum atomic E-state index is -1.96. The van der Waals surface area contributed by atoms with Crippen molar-refractivity contribution in [1.82, 2.24) is 0 Å². The first-order chi connectivity index (χ1) is 11.6. The summed E-state index contributed by atoms with van der Waals surface area (Å²) in [6.45, 7) is 9.96. The van der Waals surface area contributed by atoms with Crippen molar-refractivity contribution in [3.63, 3.8) is 0 Å². The van der Waals surface area contributed by atoms with Crippen molar-refractivity contribution in [2.24, 2.45) is 0 Å². The van der Waals surface area contributed by atoms with Gasteiger partial charge in [0, 0.05) is 0 Å². The van der Waals surface area contributed by atoms with Crippen molar-refractivity contribution in [3.8, 4) is 0 Å². The number of allylic oxidation sites excluding steroid dienone is 2. The second-order valence-electron chi connectivity index (χ2n) is 7.36. The average Bonchev–Trinajstić information content (AvgIpc) is 3.05. The predicted octanol–water partition coefficient (Wildman–Crippen LogP) is 6.17. The van der Waals surface area contributed by atoms with Crippen molar-refractivity contribution >= 4 is 17.6 Å². The van der Waals surface area contributed by atoms with Gasteiger partial charge >= 0.3 is 154 Å². The van der Waals surface area contributed by atoms with Gasteiger partial charge in [0.05, 0.1) is 0 Å². The molecule has 120 valence electrons. The van der Waals surface area contributed by atoms with Gasteiger partial charge in [-0.15, -0.1) is 0 Å². The molecule has 0 spiro atoms. The SMILES string of the molecule is CC1=Cc2ccccc2[CH]1[Hf]([CH]1C(C)=Cc2ccccc21)=[Si](C)C. The van der Waals surface area contributed by atoms with E-state index in [9.17, 15) is 0 Å². The summed E-state index contributed by atoms with van der Waals surface area (Å²) in [4.78, 5) is 0. The van der Waals surface area contributed by atoms with Gasteiger partial charge in [-0.1, -0.05) is 0 Å². The van der Waals surface area contributed by atoms with Crippen LogP contribution >= 0.6 is 0 Å². The Morgan fingerprint density at radius 1 is 0.708 bits per heavy atom. The van der Waals surface area contributed by atoms with Gasteiger partial charge in [0.1, 0.15) is 0 Å². The standard InChI is InChI=1S/2C10H9.C2H6Si.Hf/c2*1-8-6-9-4-2-3-5-10(9)7-8;1-3-2;/h2*2-7H,1H3;1-2H3;. The third-order valence-electron chi connectivity index (χ3n) is 5.49. The molecular weight excluding hydrogens is 471 g/mol. The summed E-state index contributed by atoms with van der Waals surface area (Å²) >= 11 is -1.96. The minimum absolute atomic E-state index is 0.256. The maximum absolute atomic E-state index is 2.59. The fraction of sp³-hybridized carbons (Fsp3) is 0.273. The molecule has 0 saturated heterocycles. The van der Waals surface area contributed by atoms with Crippen molar-refractivity contribution in [3.05, 3.63) is 81.9 Å². The van der Waals surface area contributed by atoms with Gasteiger partial charge in [-0.3, -0.25) is 0 Å². The molecule has 0 heterocycles. The number of hydrogen-bond donors (Lipinski definition) is 0. The Labute approximate surface area is 153 Å². The molecule has 2 aromatic carbocycles. The first kappa shape index (κ1) is 16.5. The van der Waals surface area contributed by atoms with Gasteiger partial charge in [0.2, 0.25) is 0 Å². The molecule has 0 nitrogen and oxygen atoms in total. The third kappa shape index (κ3) is 2.59. The van der Waals surface area contributed by atoms with E-state index in [0.717, 1.165) is 7.35 Å². The summed E-state index contributed by atoms with van der Waals surface area (Å²) in [5, 5.41) is 0. The van der Waals surface area contributed by atoms with Crippen LogP contribution in [0.1, 0.15) is 43.5 Å². The van der Waals surface area contributed by atoms with E-state index in [0.29, 0.717) is 0 Å². The Hall–Kier alpha value is -0.993. The summed E-state index contributed by atoms with van der Waals surface area (Å²) in [7, 11) is 0. The quantitative estimate of drug-likeness (QED) is 0.438. The Balaban J connectivity index is 1.89. The maximum atomic E-state index is 2.59. The zero-order chi connectivity index (χ0) is 16.8. The second-order valence-corrected chi connectivity index (χ2v) is 32.3. The Morgan fingerprint density at radius 2 is 1.12 bits per heavy atom. The molecule has 0 aromatic heterocycles. The van der Waals surface area contributed by atoms with Crippen LogP contribution in [-0.2, 0) is 20.1 Å². The molecule has 2 aromatic rings. The van der Waals surface area contributed by atoms with Gasteiger partial charge in [0.25, 0.3) is 0 Å². The Morgan fingerprint density at radius 3 is 1.54 bits per heavy atom. The average molecular weight is 495 g/mol. The van der Waals surface area contributed by atoms with Crippen LogP contribution in [0.5, 0.6) is 0 Å². The van der Waals surface area contributed by atoms with Crippen molar-refractivity contribution in [2.75, 3.05) is 0 Å². The Bertz CT molecular complexity index is 844. The van der Waals surface area contributed by atoms with Crippen LogP contribution in [0.3, 0.4) is 0 Å². The molecule has 0 fully saturated rings. The predicted molar refractivity (Wildman–Crippen MR) is 103 cm³/mol. The number of benzene rings is 2. The fourth-order valence-corrected chi connectivity index (χ4v) is 34.0. The van der Waals surface area contributed by atoms with E-state index in [2.05, 4.69) is 87.6 Å². The molecule has 24 heavy (non-hydrogen) atoms. The molecule has 2 heteroatoms. The molecule has 2 unspecified atom stereocenters. The molecule has 0 N–H and O–H groups in total. The number of hydrogen-bond acceptors (Lipinski definition) is 0.